The predicted molar refractivity (Wildman–Crippen MR) is 106 cm³/mol. The van der Waals surface area contributed by atoms with Gasteiger partial charge in [-0.3, -0.25) is 0 Å². The first-order chi connectivity index (χ1) is 13.4. The Morgan fingerprint density at radius 1 is 1.36 bits per heavy atom. The number of halogens is 1. The Labute approximate surface area is 166 Å². The third-order valence-corrected chi connectivity index (χ3v) is 4.10. The Morgan fingerprint density at radius 2 is 2.14 bits per heavy atom. The smallest absolute Gasteiger partial charge is 0.358 e. The fraction of sp³-hybridized carbons (Fsp3) is 0.222. The minimum Gasteiger partial charge on any atom is -0.506 e. The van der Waals surface area contributed by atoms with Crippen molar-refractivity contribution in [2.24, 2.45) is 0 Å². The molecule has 0 atom stereocenters. The number of carbonyl (C=O) groups excluding carboxylic acids is 1. The van der Waals surface area contributed by atoms with Gasteiger partial charge in [-0.05, 0) is 32.0 Å². The molecule has 0 aliphatic heterocycles. The molecule has 0 saturated carbocycles. The number of phenolic OH excluding ortho intramolecular Hbond substituents is 1. The van der Waals surface area contributed by atoms with E-state index in [0.717, 1.165) is 0 Å². The number of esters is 1. The molecule has 10 heteroatoms. The molecule has 3 aromatic rings. The van der Waals surface area contributed by atoms with Gasteiger partial charge in [0.15, 0.2) is 11.5 Å². The number of benzene rings is 1. The molecule has 146 valence electrons. The lowest BCUT2D eigenvalue weighted by Crippen LogP contribution is -2.09. The Morgan fingerprint density at radius 3 is 2.82 bits per heavy atom. The average molecular weight is 403 g/mol. The van der Waals surface area contributed by atoms with Crippen LogP contribution in [0.5, 0.6) is 5.75 Å². The molecule has 0 radical (unpaired) electrons. The van der Waals surface area contributed by atoms with Gasteiger partial charge in [-0.1, -0.05) is 11.6 Å². The van der Waals surface area contributed by atoms with Gasteiger partial charge in [-0.15, -0.1) is 0 Å². The van der Waals surface area contributed by atoms with Crippen LogP contribution in [0.25, 0.3) is 5.95 Å². The van der Waals surface area contributed by atoms with E-state index < -0.39 is 5.97 Å². The molecule has 0 aliphatic carbocycles. The molecule has 28 heavy (non-hydrogen) atoms. The molecule has 0 bridgehead atoms. The number of hydrogen-bond acceptors (Lipinski definition) is 8. The summed E-state index contributed by atoms with van der Waals surface area (Å²) >= 11 is 6.20. The summed E-state index contributed by atoms with van der Waals surface area (Å²) in [6, 6.07) is 6.62. The monoisotopic (exact) mass is 402 g/mol. The fourth-order valence-electron chi connectivity index (χ4n) is 2.49. The highest BCUT2D eigenvalue weighted by atomic mass is 35.5. The van der Waals surface area contributed by atoms with Crippen LogP contribution in [0.15, 0.2) is 30.5 Å². The van der Waals surface area contributed by atoms with Gasteiger partial charge in [-0.2, -0.15) is 10.1 Å². The van der Waals surface area contributed by atoms with Crippen LogP contribution in [0.3, 0.4) is 0 Å². The fourth-order valence-corrected chi connectivity index (χ4v) is 2.63. The molecule has 0 unspecified atom stereocenters. The molecule has 9 nitrogen and oxygen atoms in total. The van der Waals surface area contributed by atoms with E-state index in [2.05, 4.69) is 25.7 Å². The van der Waals surface area contributed by atoms with E-state index in [9.17, 15) is 9.90 Å². The normalized spacial score (nSPS) is 10.6. The van der Waals surface area contributed by atoms with Crippen molar-refractivity contribution in [3.63, 3.8) is 0 Å². The van der Waals surface area contributed by atoms with Crippen LogP contribution in [0, 0.1) is 6.92 Å². The van der Waals surface area contributed by atoms with Crippen LogP contribution in [0.2, 0.25) is 5.02 Å². The van der Waals surface area contributed by atoms with Gasteiger partial charge < -0.3 is 20.5 Å². The van der Waals surface area contributed by atoms with Crippen LogP contribution in [0.1, 0.15) is 23.1 Å². The number of nitrogens with one attached hydrogen (secondary N) is 2. The third kappa shape index (κ3) is 3.99. The molecule has 0 fully saturated rings. The zero-order valence-electron chi connectivity index (χ0n) is 15.5. The van der Waals surface area contributed by atoms with Crippen LogP contribution in [-0.4, -0.2) is 44.5 Å². The molecule has 3 rings (SSSR count). The number of aromatic hydroxyl groups is 1. The summed E-state index contributed by atoms with van der Waals surface area (Å²) < 4.78 is 6.39. The number of aryl methyl sites for hydroxylation is 1. The lowest BCUT2D eigenvalue weighted by atomic mass is 10.2. The van der Waals surface area contributed by atoms with Crippen molar-refractivity contribution in [1.82, 2.24) is 19.7 Å². The number of hydrogen-bond donors (Lipinski definition) is 3. The van der Waals surface area contributed by atoms with Crippen LogP contribution in [0.4, 0.5) is 17.2 Å². The van der Waals surface area contributed by atoms with Crippen LogP contribution >= 0.6 is 11.6 Å². The first kappa shape index (κ1) is 19.4. The summed E-state index contributed by atoms with van der Waals surface area (Å²) in [5.41, 5.74) is 2.01. The summed E-state index contributed by atoms with van der Waals surface area (Å²) in [7, 11) is 1.71. The maximum absolute atomic E-state index is 11.9. The second-order valence-electron chi connectivity index (χ2n) is 5.78. The zero-order chi connectivity index (χ0) is 20.3. The number of carbonyl (C=O) groups is 1. The van der Waals surface area contributed by atoms with Gasteiger partial charge in [0, 0.05) is 24.5 Å². The molecular weight excluding hydrogens is 384 g/mol. The molecule has 3 N–H and O–H groups in total. The second-order valence-corrected chi connectivity index (χ2v) is 6.18. The van der Waals surface area contributed by atoms with Gasteiger partial charge in [0.2, 0.25) is 0 Å². The largest absolute Gasteiger partial charge is 0.506 e. The zero-order valence-corrected chi connectivity index (χ0v) is 16.3. The highest BCUT2D eigenvalue weighted by Crippen LogP contribution is 2.29. The summed E-state index contributed by atoms with van der Waals surface area (Å²) in [5, 5.41) is 20.4. The van der Waals surface area contributed by atoms with Crippen molar-refractivity contribution in [3.05, 3.63) is 46.9 Å². The summed E-state index contributed by atoms with van der Waals surface area (Å²) in [6.07, 6.45) is 1.43. The number of nitrogens with zero attached hydrogens (tertiary/aromatic N) is 4. The van der Waals surface area contributed by atoms with E-state index in [1.807, 2.05) is 0 Å². The molecule has 1 aromatic carbocycles. The highest BCUT2D eigenvalue weighted by Gasteiger charge is 2.17. The SMILES string of the molecule is CCOC(=O)c1cc(C)n(-c2ncc(Cl)c(Nc3ccc(NC)c(O)c3)n2)n1. The first-order valence-corrected chi connectivity index (χ1v) is 8.85. The van der Waals surface area contributed by atoms with Gasteiger partial charge >= 0.3 is 5.97 Å². The summed E-state index contributed by atoms with van der Waals surface area (Å²) in [5.74, 6) is 0.128. The van der Waals surface area contributed by atoms with E-state index in [-0.39, 0.29) is 29.0 Å². The number of rotatable bonds is 6. The maximum atomic E-state index is 11.9. The Balaban J connectivity index is 1.92. The maximum Gasteiger partial charge on any atom is 0.358 e. The highest BCUT2D eigenvalue weighted by molar-refractivity contribution is 6.32. The molecule has 0 aliphatic rings. The number of phenols is 1. The molecule has 0 saturated heterocycles. The lowest BCUT2D eigenvalue weighted by molar-refractivity contribution is 0.0519. The topological polar surface area (TPSA) is 114 Å². The Hall–Kier alpha value is -3.33. The number of anilines is 3. The Bertz CT molecular complexity index is 1020. The van der Waals surface area contributed by atoms with E-state index in [0.29, 0.717) is 22.9 Å². The molecule has 0 spiro atoms. The third-order valence-electron chi connectivity index (χ3n) is 3.82. The summed E-state index contributed by atoms with van der Waals surface area (Å²) in [4.78, 5) is 20.5. The molecular formula is C18H19ClN6O3. The van der Waals surface area contributed by atoms with Gasteiger partial charge in [0.05, 0.1) is 18.5 Å². The van der Waals surface area contributed by atoms with Crippen molar-refractivity contribution in [2.45, 2.75) is 13.8 Å². The Kier molecular flexibility index (Phi) is 5.65. The number of aromatic nitrogens is 4. The van der Waals surface area contributed by atoms with E-state index in [1.165, 1.54) is 10.9 Å². The van der Waals surface area contributed by atoms with Gasteiger partial charge in [0.1, 0.15) is 10.8 Å². The van der Waals surface area contributed by atoms with Crippen molar-refractivity contribution in [2.75, 3.05) is 24.3 Å². The predicted octanol–water partition coefficient (Wildman–Crippen LogP) is 3.29. The van der Waals surface area contributed by atoms with Crippen LogP contribution < -0.4 is 10.6 Å². The van der Waals surface area contributed by atoms with Gasteiger partial charge in [-0.25, -0.2) is 14.5 Å². The van der Waals surface area contributed by atoms with E-state index in [1.54, 1.807) is 45.2 Å². The summed E-state index contributed by atoms with van der Waals surface area (Å²) in [6.45, 7) is 3.76. The van der Waals surface area contributed by atoms with Crippen molar-refractivity contribution in [3.8, 4) is 11.7 Å². The minimum atomic E-state index is -0.517. The molecule has 2 heterocycles. The standard InChI is InChI=1S/C18H19ClN6O3/c1-4-28-17(27)14-7-10(2)25(24-14)18-21-9-12(19)16(23-18)22-11-5-6-13(20-3)15(26)8-11/h5-9,20,26H,4H2,1-3H3,(H,21,22,23). The van der Waals surface area contributed by atoms with Crippen LogP contribution in [-0.2, 0) is 4.74 Å². The van der Waals surface area contributed by atoms with Crippen molar-refractivity contribution >= 4 is 34.8 Å². The van der Waals surface area contributed by atoms with Gasteiger partial charge in [0.25, 0.3) is 5.95 Å². The first-order valence-electron chi connectivity index (χ1n) is 8.47. The quantitative estimate of drug-likeness (QED) is 0.425. The minimum absolute atomic E-state index is 0.0832. The molecule has 0 amide bonds. The van der Waals surface area contributed by atoms with E-state index >= 15 is 0 Å². The molecule has 2 aromatic heterocycles. The number of ether oxygens (including phenoxy) is 1. The van der Waals surface area contributed by atoms with Crippen molar-refractivity contribution in [1.29, 1.82) is 0 Å². The lowest BCUT2D eigenvalue weighted by Gasteiger charge is -2.11. The van der Waals surface area contributed by atoms with Crippen molar-refractivity contribution < 1.29 is 14.6 Å². The second kappa shape index (κ2) is 8.13. The van der Waals surface area contributed by atoms with E-state index in [4.69, 9.17) is 16.3 Å². The average Bonchev–Trinajstić information content (AvgIpc) is 3.06.